The number of fused-ring (bicyclic) bond motifs is 1. The molecule has 0 aliphatic heterocycles. The summed E-state index contributed by atoms with van der Waals surface area (Å²) < 4.78 is 1.71. The summed E-state index contributed by atoms with van der Waals surface area (Å²) in [7, 11) is 0. The van der Waals surface area contributed by atoms with Crippen molar-refractivity contribution in [2.75, 3.05) is 11.9 Å². The average Bonchev–Trinajstić information content (AvgIpc) is 2.97. The number of nitrogens with zero attached hydrogens (tertiary/aromatic N) is 2. The summed E-state index contributed by atoms with van der Waals surface area (Å²) in [6, 6.07) is 12.6. The van der Waals surface area contributed by atoms with Gasteiger partial charge in [0.1, 0.15) is 5.65 Å². The topological polar surface area (TPSA) is 75.5 Å². The quantitative estimate of drug-likeness (QED) is 0.752. The van der Waals surface area contributed by atoms with Crippen LogP contribution in [0.1, 0.15) is 39.8 Å². The zero-order valence-electron chi connectivity index (χ0n) is 14.2. The fraction of sp³-hybridized carbons (Fsp3) is 0.211. The van der Waals surface area contributed by atoms with Crippen molar-refractivity contribution in [2.24, 2.45) is 0 Å². The molecule has 2 amide bonds. The van der Waals surface area contributed by atoms with E-state index in [0.29, 0.717) is 23.4 Å². The Morgan fingerprint density at radius 2 is 1.84 bits per heavy atom. The van der Waals surface area contributed by atoms with Gasteiger partial charge in [0.15, 0.2) is 11.5 Å². The largest absolute Gasteiger partial charge is 0.351 e. The predicted molar refractivity (Wildman–Crippen MR) is 96.9 cm³/mol. The number of benzene rings is 1. The Hall–Kier alpha value is -3.15. The number of aryl methyl sites for hydroxylation is 1. The van der Waals surface area contributed by atoms with E-state index in [2.05, 4.69) is 15.6 Å². The maximum Gasteiger partial charge on any atom is 0.272 e. The minimum atomic E-state index is -0.301. The third-order valence-corrected chi connectivity index (χ3v) is 3.78. The number of nitrogens with one attached hydrogen (secondary N) is 2. The third kappa shape index (κ3) is 3.52. The number of carbonyl (C=O) groups is 2. The Bertz CT molecular complexity index is 916. The lowest BCUT2D eigenvalue weighted by Crippen LogP contribution is -2.27. The first-order chi connectivity index (χ1) is 12.1. The lowest BCUT2D eigenvalue weighted by molar-refractivity contribution is 0.0949. The molecular formula is C19H20N4O2. The van der Waals surface area contributed by atoms with E-state index >= 15 is 0 Å². The summed E-state index contributed by atoms with van der Waals surface area (Å²) in [6.45, 7) is 4.48. The number of anilines is 1. The molecule has 1 aromatic carbocycles. The Labute approximate surface area is 145 Å². The molecule has 6 nitrogen and oxygen atoms in total. The summed E-state index contributed by atoms with van der Waals surface area (Å²) in [6.07, 6.45) is 2.66. The SMILES string of the molecule is CCCNC(=O)c1c(NC(=O)c2ccccc2)nc2ccc(C)cn12. The average molecular weight is 336 g/mol. The van der Waals surface area contributed by atoms with E-state index in [9.17, 15) is 9.59 Å². The summed E-state index contributed by atoms with van der Waals surface area (Å²) in [5.41, 5.74) is 2.44. The van der Waals surface area contributed by atoms with Gasteiger partial charge in [0.25, 0.3) is 11.8 Å². The molecule has 0 aliphatic rings. The van der Waals surface area contributed by atoms with Crippen molar-refractivity contribution >= 4 is 23.3 Å². The Kier molecular flexibility index (Phi) is 4.79. The highest BCUT2D eigenvalue weighted by Crippen LogP contribution is 2.19. The number of hydrogen-bond donors (Lipinski definition) is 2. The van der Waals surface area contributed by atoms with Crippen LogP contribution in [0.5, 0.6) is 0 Å². The summed E-state index contributed by atoms with van der Waals surface area (Å²) >= 11 is 0. The van der Waals surface area contributed by atoms with Gasteiger partial charge in [0.05, 0.1) is 0 Å². The summed E-state index contributed by atoms with van der Waals surface area (Å²) in [5.74, 6) is -0.304. The smallest absolute Gasteiger partial charge is 0.272 e. The number of amides is 2. The maximum absolute atomic E-state index is 12.6. The molecule has 0 bridgehead atoms. The van der Waals surface area contributed by atoms with E-state index in [-0.39, 0.29) is 17.6 Å². The standard InChI is InChI=1S/C19H20N4O2/c1-3-11-20-19(25)16-17(21-15-10-9-13(2)12-23(15)16)22-18(24)14-7-5-4-6-8-14/h4-10,12H,3,11H2,1-2H3,(H,20,25)(H,22,24). The molecule has 2 aromatic heterocycles. The van der Waals surface area contributed by atoms with Crippen LogP contribution in [0.3, 0.4) is 0 Å². The van der Waals surface area contributed by atoms with Crippen LogP contribution >= 0.6 is 0 Å². The summed E-state index contributed by atoms with van der Waals surface area (Å²) in [5, 5.41) is 5.61. The highest BCUT2D eigenvalue weighted by molar-refractivity contribution is 6.08. The van der Waals surface area contributed by atoms with Crippen molar-refractivity contribution in [3.8, 4) is 0 Å². The van der Waals surface area contributed by atoms with Crippen LogP contribution in [0, 0.1) is 6.92 Å². The molecule has 3 rings (SSSR count). The molecule has 25 heavy (non-hydrogen) atoms. The van der Waals surface area contributed by atoms with Gasteiger partial charge in [-0.15, -0.1) is 0 Å². The van der Waals surface area contributed by atoms with Crippen LogP contribution in [-0.2, 0) is 0 Å². The van der Waals surface area contributed by atoms with Crippen molar-refractivity contribution < 1.29 is 9.59 Å². The van der Waals surface area contributed by atoms with Gasteiger partial charge in [0.2, 0.25) is 0 Å². The van der Waals surface area contributed by atoms with Gasteiger partial charge < -0.3 is 10.6 Å². The number of carbonyl (C=O) groups excluding carboxylic acids is 2. The monoisotopic (exact) mass is 336 g/mol. The second-order valence-electron chi connectivity index (χ2n) is 5.82. The number of aromatic nitrogens is 2. The van der Waals surface area contributed by atoms with Gasteiger partial charge in [-0.05, 0) is 37.1 Å². The minimum absolute atomic E-state index is 0.257. The van der Waals surface area contributed by atoms with Crippen LogP contribution < -0.4 is 10.6 Å². The van der Waals surface area contributed by atoms with Gasteiger partial charge in [-0.3, -0.25) is 14.0 Å². The van der Waals surface area contributed by atoms with Crippen LogP contribution in [0.2, 0.25) is 0 Å². The van der Waals surface area contributed by atoms with Crippen LogP contribution in [0.15, 0.2) is 48.7 Å². The molecule has 0 fully saturated rings. The molecule has 0 saturated carbocycles. The van der Waals surface area contributed by atoms with E-state index in [4.69, 9.17) is 0 Å². The van der Waals surface area contributed by atoms with Crippen molar-refractivity contribution in [1.29, 1.82) is 0 Å². The van der Waals surface area contributed by atoms with Gasteiger partial charge in [-0.2, -0.15) is 0 Å². The highest BCUT2D eigenvalue weighted by Gasteiger charge is 2.21. The van der Waals surface area contributed by atoms with Gasteiger partial charge in [-0.1, -0.05) is 31.2 Å². The Morgan fingerprint density at radius 3 is 2.56 bits per heavy atom. The van der Waals surface area contributed by atoms with E-state index in [1.54, 1.807) is 28.7 Å². The summed E-state index contributed by atoms with van der Waals surface area (Å²) in [4.78, 5) is 29.5. The van der Waals surface area contributed by atoms with Gasteiger partial charge in [-0.25, -0.2) is 4.98 Å². The molecule has 6 heteroatoms. The number of hydrogen-bond acceptors (Lipinski definition) is 3. The van der Waals surface area contributed by atoms with E-state index in [0.717, 1.165) is 12.0 Å². The van der Waals surface area contributed by atoms with E-state index < -0.39 is 0 Å². The predicted octanol–water partition coefficient (Wildman–Crippen LogP) is 3.03. The molecule has 128 valence electrons. The molecule has 0 radical (unpaired) electrons. The normalized spacial score (nSPS) is 10.6. The van der Waals surface area contributed by atoms with Crippen molar-refractivity contribution in [2.45, 2.75) is 20.3 Å². The second kappa shape index (κ2) is 7.17. The first kappa shape index (κ1) is 16.7. The van der Waals surface area contributed by atoms with E-state index in [1.165, 1.54) is 0 Å². The molecule has 2 heterocycles. The lowest BCUT2D eigenvalue weighted by atomic mass is 10.2. The molecule has 0 unspecified atom stereocenters. The maximum atomic E-state index is 12.6. The van der Waals surface area contributed by atoms with Gasteiger partial charge in [0, 0.05) is 18.3 Å². The van der Waals surface area contributed by atoms with Crippen LogP contribution in [0.25, 0.3) is 5.65 Å². The Morgan fingerprint density at radius 1 is 1.08 bits per heavy atom. The molecule has 0 saturated heterocycles. The molecule has 2 N–H and O–H groups in total. The minimum Gasteiger partial charge on any atom is -0.351 e. The van der Waals surface area contributed by atoms with E-state index in [1.807, 2.05) is 38.2 Å². The van der Waals surface area contributed by atoms with Crippen molar-refractivity contribution in [3.05, 3.63) is 65.5 Å². The van der Waals surface area contributed by atoms with Crippen molar-refractivity contribution in [1.82, 2.24) is 14.7 Å². The number of pyridine rings is 1. The first-order valence-corrected chi connectivity index (χ1v) is 8.23. The first-order valence-electron chi connectivity index (χ1n) is 8.23. The lowest BCUT2D eigenvalue weighted by Gasteiger charge is -2.07. The molecule has 0 atom stereocenters. The zero-order chi connectivity index (χ0) is 17.8. The zero-order valence-corrected chi connectivity index (χ0v) is 14.2. The van der Waals surface area contributed by atoms with Crippen LogP contribution in [-0.4, -0.2) is 27.7 Å². The molecule has 3 aromatic rings. The van der Waals surface area contributed by atoms with Gasteiger partial charge >= 0.3 is 0 Å². The third-order valence-electron chi connectivity index (χ3n) is 3.78. The molecule has 0 spiro atoms. The Balaban J connectivity index is 2.01. The highest BCUT2D eigenvalue weighted by atomic mass is 16.2. The molecular weight excluding hydrogens is 316 g/mol. The number of imidazole rings is 1. The fourth-order valence-corrected chi connectivity index (χ4v) is 2.55. The number of rotatable bonds is 5. The molecule has 0 aliphatic carbocycles. The second-order valence-corrected chi connectivity index (χ2v) is 5.82. The fourth-order valence-electron chi connectivity index (χ4n) is 2.55. The van der Waals surface area contributed by atoms with Crippen molar-refractivity contribution in [3.63, 3.8) is 0 Å². The van der Waals surface area contributed by atoms with Crippen LogP contribution in [0.4, 0.5) is 5.82 Å².